The minimum atomic E-state index is -4.14. The normalized spacial score (nSPS) is 11.4. The first-order valence-electron chi connectivity index (χ1n) is 9.64. The average Bonchev–Trinajstić information content (AvgIpc) is 2.79. The third-order valence-corrected chi connectivity index (χ3v) is 5.44. The topological polar surface area (TPSA) is 134 Å². The number of para-hydroxylation sites is 5. The lowest BCUT2D eigenvalue weighted by Gasteiger charge is -2.14. The van der Waals surface area contributed by atoms with Gasteiger partial charge in [0.05, 0.1) is 16.7 Å². The number of benzene rings is 3. The highest BCUT2D eigenvalue weighted by atomic mass is 32.2. The summed E-state index contributed by atoms with van der Waals surface area (Å²) < 4.78 is 59.5. The van der Waals surface area contributed by atoms with Crippen LogP contribution in [0.5, 0.6) is 17.4 Å². The zero-order valence-corrected chi connectivity index (χ0v) is 18.0. The molecule has 0 unspecified atom stereocenters. The van der Waals surface area contributed by atoms with E-state index in [4.69, 9.17) is 9.88 Å². The Bertz CT molecular complexity index is 1480. The molecular formula is C22H16F2N4O5S. The second-order valence-electron chi connectivity index (χ2n) is 6.79. The van der Waals surface area contributed by atoms with Crippen LogP contribution in [-0.2, 0) is 10.0 Å². The summed E-state index contributed by atoms with van der Waals surface area (Å²) in [6, 6.07) is 17.7. The molecule has 12 heteroatoms. The van der Waals surface area contributed by atoms with Crippen LogP contribution in [0, 0.1) is 0 Å². The van der Waals surface area contributed by atoms with Crippen LogP contribution in [0.2, 0.25) is 0 Å². The molecule has 4 rings (SSSR count). The molecule has 9 nitrogen and oxygen atoms in total. The minimum absolute atomic E-state index is 0.0858. The van der Waals surface area contributed by atoms with Crippen molar-refractivity contribution in [3.63, 3.8) is 0 Å². The standard InChI is InChI=1S/C22H16F2N4O5S/c23-22(24)33-17-11-5-4-10-16(17)32-21-19(26-13-7-1-2-8-14(13)28-21)20(29)27-15-9-3-6-12-18(15)34(25,30)31/h1-12,22H,(H,27,29)(H2,25,30,31). The highest BCUT2D eigenvalue weighted by molar-refractivity contribution is 7.89. The van der Waals surface area contributed by atoms with Gasteiger partial charge in [-0.25, -0.2) is 23.5 Å². The van der Waals surface area contributed by atoms with Gasteiger partial charge < -0.3 is 14.8 Å². The molecule has 0 aliphatic heterocycles. The van der Waals surface area contributed by atoms with Crippen LogP contribution in [0.1, 0.15) is 10.5 Å². The van der Waals surface area contributed by atoms with Gasteiger partial charge in [-0.2, -0.15) is 8.78 Å². The smallest absolute Gasteiger partial charge is 0.387 e. The summed E-state index contributed by atoms with van der Waals surface area (Å²) in [5.74, 6) is -1.59. The summed E-state index contributed by atoms with van der Waals surface area (Å²) in [6.07, 6.45) is 0. The van der Waals surface area contributed by atoms with Gasteiger partial charge in [0, 0.05) is 0 Å². The SMILES string of the molecule is NS(=O)(=O)c1ccccc1NC(=O)c1nc2ccccc2nc1Oc1ccccc1OC(F)F. The van der Waals surface area contributed by atoms with E-state index in [1.54, 1.807) is 24.3 Å². The van der Waals surface area contributed by atoms with E-state index in [0.717, 1.165) is 0 Å². The molecule has 0 saturated heterocycles. The van der Waals surface area contributed by atoms with Crippen LogP contribution >= 0.6 is 0 Å². The predicted molar refractivity (Wildman–Crippen MR) is 118 cm³/mol. The zero-order chi connectivity index (χ0) is 24.3. The molecule has 0 bridgehead atoms. The van der Waals surface area contributed by atoms with E-state index in [0.29, 0.717) is 11.0 Å². The Hall–Kier alpha value is -4.16. The molecule has 1 amide bonds. The number of aromatic nitrogens is 2. The van der Waals surface area contributed by atoms with Gasteiger partial charge in [0.2, 0.25) is 10.0 Å². The van der Waals surface area contributed by atoms with E-state index in [-0.39, 0.29) is 33.7 Å². The fourth-order valence-corrected chi connectivity index (χ4v) is 3.73. The molecular weight excluding hydrogens is 470 g/mol. The second kappa shape index (κ2) is 9.37. The van der Waals surface area contributed by atoms with Gasteiger partial charge in [-0.1, -0.05) is 36.4 Å². The second-order valence-corrected chi connectivity index (χ2v) is 8.32. The van der Waals surface area contributed by atoms with Crippen LogP contribution in [0.3, 0.4) is 0 Å². The Morgan fingerprint density at radius 2 is 1.47 bits per heavy atom. The molecule has 0 spiro atoms. The van der Waals surface area contributed by atoms with Gasteiger partial charge in [-0.05, 0) is 36.4 Å². The first-order chi connectivity index (χ1) is 16.2. The number of nitrogens with two attached hydrogens (primary N) is 1. The maximum atomic E-state index is 13.1. The molecule has 0 fully saturated rings. The molecule has 3 N–H and O–H groups in total. The highest BCUT2D eigenvalue weighted by Gasteiger charge is 2.23. The fraction of sp³-hybridized carbons (Fsp3) is 0.0455. The van der Waals surface area contributed by atoms with E-state index in [2.05, 4.69) is 20.0 Å². The van der Waals surface area contributed by atoms with Crippen molar-refractivity contribution >= 4 is 32.7 Å². The Morgan fingerprint density at radius 3 is 2.15 bits per heavy atom. The van der Waals surface area contributed by atoms with E-state index >= 15 is 0 Å². The van der Waals surface area contributed by atoms with Crippen molar-refractivity contribution in [1.82, 2.24) is 9.97 Å². The monoisotopic (exact) mass is 486 g/mol. The highest BCUT2D eigenvalue weighted by Crippen LogP contribution is 2.33. The number of carbonyl (C=O) groups is 1. The third-order valence-electron chi connectivity index (χ3n) is 4.47. The van der Waals surface area contributed by atoms with E-state index in [1.807, 2.05) is 0 Å². The number of nitrogens with zero attached hydrogens (tertiary/aromatic N) is 2. The van der Waals surface area contributed by atoms with Crippen LogP contribution in [-0.4, -0.2) is 30.9 Å². The summed E-state index contributed by atoms with van der Waals surface area (Å²) in [6.45, 7) is -3.11. The molecule has 4 aromatic rings. The van der Waals surface area contributed by atoms with Crippen LogP contribution in [0.25, 0.3) is 11.0 Å². The third kappa shape index (κ3) is 5.08. The number of amides is 1. The molecule has 0 atom stereocenters. The number of hydrogen-bond donors (Lipinski definition) is 2. The molecule has 1 heterocycles. The number of anilines is 1. The predicted octanol–water partition coefficient (Wildman–Crippen LogP) is 3.92. The van der Waals surface area contributed by atoms with Gasteiger partial charge in [0.25, 0.3) is 11.8 Å². The Labute approximate surface area is 192 Å². The summed E-state index contributed by atoms with van der Waals surface area (Å²) in [5, 5.41) is 7.67. The molecule has 34 heavy (non-hydrogen) atoms. The number of carbonyl (C=O) groups excluding carboxylic acids is 1. The van der Waals surface area contributed by atoms with Gasteiger partial charge in [0.1, 0.15) is 4.90 Å². The van der Waals surface area contributed by atoms with Crippen LogP contribution < -0.4 is 19.9 Å². The first kappa shape index (κ1) is 23.0. The summed E-state index contributed by atoms with van der Waals surface area (Å²) in [4.78, 5) is 21.4. The maximum Gasteiger partial charge on any atom is 0.387 e. The number of ether oxygens (including phenoxy) is 2. The number of sulfonamides is 1. The molecule has 3 aromatic carbocycles. The molecule has 1 aromatic heterocycles. The zero-order valence-electron chi connectivity index (χ0n) is 17.2. The molecule has 0 radical (unpaired) electrons. The largest absolute Gasteiger partial charge is 0.433 e. The molecule has 0 aliphatic rings. The van der Waals surface area contributed by atoms with Crippen molar-refractivity contribution in [1.29, 1.82) is 0 Å². The van der Waals surface area contributed by atoms with Crippen molar-refractivity contribution in [2.24, 2.45) is 5.14 Å². The minimum Gasteiger partial charge on any atom is -0.433 e. The lowest BCUT2D eigenvalue weighted by atomic mass is 10.2. The van der Waals surface area contributed by atoms with Gasteiger partial charge in [0.15, 0.2) is 17.2 Å². The number of fused-ring (bicyclic) bond motifs is 1. The maximum absolute atomic E-state index is 13.1. The van der Waals surface area contributed by atoms with Crippen molar-refractivity contribution in [3.05, 3.63) is 78.5 Å². The quantitative estimate of drug-likeness (QED) is 0.404. The Balaban J connectivity index is 1.78. The van der Waals surface area contributed by atoms with Gasteiger partial charge in [-0.3, -0.25) is 4.79 Å². The lowest BCUT2D eigenvalue weighted by molar-refractivity contribution is -0.0510. The van der Waals surface area contributed by atoms with Crippen molar-refractivity contribution in [2.75, 3.05) is 5.32 Å². The van der Waals surface area contributed by atoms with Crippen molar-refractivity contribution < 1.29 is 31.5 Å². The van der Waals surface area contributed by atoms with E-state index in [1.165, 1.54) is 48.5 Å². The Morgan fingerprint density at radius 1 is 0.882 bits per heavy atom. The van der Waals surface area contributed by atoms with Crippen LogP contribution in [0.15, 0.2) is 77.7 Å². The number of primary sulfonamides is 1. The summed E-state index contributed by atoms with van der Waals surface area (Å²) in [7, 11) is -4.14. The first-order valence-corrected chi connectivity index (χ1v) is 11.2. The molecule has 0 saturated carbocycles. The summed E-state index contributed by atoms with van der Waals surface area (Å²) >= 11 is 0. The van der Waals surface area contributed by atoms with Gasteiger partial charge in [-0.15, -0.1) is 0 Å². The van der Waals surface area contributed by atoms with Crippen molar-refractivity contribution in [2.45, 2.75) is 11.5 Å². The van der Waals surface area contributed by atoms with Crippen LogP contribution in [0.4, 0.5) is 14.5 Å². The van der Waals surface area contributed by atoms with Crippen molar-refractivity contribution in [3.8, 4) is 17.4 Å². The average molecular weight is 486 g/mol. The number of alkyl halides is 2. The lowest BCUT2D eigenvalue weighted by Crippen LogP contribution is -2.20. The summed E-state index contributed by atoms with van der Waals surface area (Å²) in [5.41, 5.74) is 0.301. The van der Waals surface area contributed by atoms with E-state index < -0.39 is 22.5 Å². The van der Waals surface area contributed by atoms with Gasteiger partial charge >= 0.3 is 6.61 Å². The number of rotatable bonds is 7. The number of nitrogens with one attached hydrogen (secondary N) is 1. The van der Waals surface area contributed by atoms with E-state index in [9.17, 15) is 22.0 Å². The Kier molecular flexibility index (Phi) is 6.34. The number of halogens is 2. The number of hydrogen-bond acceptors (Lipinski definition) is 7. The molecule has 0 aliphatic carbocycles. The molecule has 174 valence electrons. The fourth-order valence-electron chi connectivity index (χ4n) is 3.03.